The molecular formula is C17H17FN2O. The zero-order valence-electron chi connectivity index (χ0n) is 12.3. The molecule has 0 bridgehead atoms. The lowest BCUT2D eigenvalue weighted by Gasteiger charge is -2.17. The zero-order valence-corrected chi connectivity index (χ0v) is 12.3. The second-order valence-corrected chi connectivity index (χ2v) is 4.89. The molecule has 0 aliphatic rings. The van der Waals surface area contributed by atoms with Gasteiger partial charge in [0.2, 0.25) is 0 Å². The second-order valence-electron chi connectivity index (χ2n) is 4.89. The Morgan fingerprint density at radius 1 is 1.29 bits per heavy atom. The van der Waals surface area contributed by atoms with Gasteiger partial charge in [-0.05, 0) is 56.8 Å². The third kappa shape index (κ3) is 3.39. The van der Waals surface area contributed by atoms with Crippen LogP contribution in [-0.2, 0) is 0 Å². The first kappa shape index (κ1) is 15.0. The molecule has 108 valence electrons. The van der Waals surface area contributed by atoms with Crippen LogP contribution >= 0.6 is 0 Å². The highest BCUT2D eigenvalue weighted by Gasteiger charge is 2.14. The molecule has 3 nitrogen and oxygen atoms in total. The third-order valence-electron chi connectivity index (χ3n) is 3.38. The summed E-state index contributed by atoms with van der Waals surface area (Å²) in [7, 11) is 1.81. The molecule has 0 fully saturated rings. The topological polar surface area (TPSA) is 45.0 Å². The molecule has 1 N–H and O–H groups in total. The molecule has 0 aromatic heterocycles. The Bertz CT molecular complexity index is 692. The van der Waals surface area contributed by atoms with Gasteiger partial charge in [0.05, 0.1) is 11.6 Å². The monoisotopic (exact) mass is 284 g/mol. The normalized spacial score (nSPS) is 11.8. The standard InChI is InChI=1S/C17H17FN2O/c1-11-7-17(15(9-16(11)18)12(2)20-3)21-14-6-4-5-13(8-14)10-19/h4-9,12,20H,1-3H3. The van der Waals surface area contributed by atoms with Gasteiger partial charge < -0.3 is 10.1 Å². The summed E-state index contributed by atoms with van der Waals surface area (Å²) in [6.07, 6.45) is 0. The lowest BCUT2D eigenvalue weighted by Crippen LogP contribution is -2.13. The zero-order chi connectivity index (χ0) is 15.4. The number of halogens is 1. The molecule has 0 spiro atoms. The Kier molecular flexibility index (Phi) is 4.56. The second kappa shape index (κ2) is 6.38. The van der Waals surface area contributed by atoms with E-state index in [2.05, 4.69) is 11.4 Å². The van der Waals surface area contributed by atoms with Crippen LogP contribution in [0.3, 0.4) is 0 Å². The maximum absolute atomic E-state index is 13.8. The smallest absolute Gasteiger partial charge is 0.132 e. The molecule has 4 heteroatoms. The highest BCUT2D eigenvalue weighted by molar-refractivity contribution is 5.44. The van der Waals surface area contributed by atoms with E-state index in [9.17, 15) is 4.39 Å². The van der Waals surface area contributed by atoms with Gasteiger partial charge in [-0.3, -0.25) is 0 Å². The highest BCUT2D eigenvalue weighted by atomic mass is 19.1. The first-order chi connectivity index (χ1) is 10.0. The van der Waals surface area contributed by atoms with E-state index < -0.39 is 0 Å². The molecule has 0 amide bonds. The Morgan fingerprint density at radius 2 is 2.05 bits per heavy atom. The molecule has 0 aliphatic heterocycles. The van der Waals surface area contributed by atoms with Gasteiger partial charge in [-0.1, -0.05) is 6.07 Å². The van der Waals surface area contributed by atoms with Crippen molar-refractivity contribution in [3.05, 3.63) is 58.9 Å². The Morgan fingerprint density at radius 3 is 2.71 bits per heavy atom. The van der Waals surface area contributed by atoms with Crippen LogP contribution in [0.5, 0.6) is 11.5 Å². The fourth-order valence-corrected chi connectivity index (χ4v) is 2.01. The minimum Gasteiger partial charge on any atom is -0.457 e. The summed E-state index contributed by atoms with van der Waals surface area (Å²) in [6, 6.07) is 12.1. The third-order valence-corrected chi connectivity index (χ3v) is 3.38. The van der Waals surface area contributed by atoms with E-state index in [1.165, 1.54) is 6.07 Å². The quantitative estimate of drug-likeness (QED) is 0.920. The Labute approximate surface area is 124 Å². The summed E-state index contributed by atoms with van der Waals surface area (Å²) in [5.74, 6) is 0.890. The number of hydrogen-bond acceptors (Lipinski definition) is 3. The van der Waals surface area contributed by atoms with E-state index in [0.717, 1.165) is 5.56 Å². The number of nitriles is 1. The summed E-state index contributed by atoms with van der Waals surface area (Å²) in [5, 5.41) is 12.0. The van der Waals surface area contributed by atoms with E-state index in [1.54, 1.807) is 37.3 Å². The van der Waals surface area contributed by atoms with Gasteiger partial charge in [-0.2, -0.15) is 5.26 Å². The van der Waals surface area contributed by atoms with Crippen LogP contribution in [0.1, 0.15) is 29.7 Å². The SMILES string of the molecule is CNC(C)c1cc(F)c(C)cc1Oc1cccc(C#N)c1. The van der Waals surface area contributed by atoms with E-state index in [4.69, 9.17) is 10.00 Å². The number of rotatable bonds is 4. The highest BCUT2D eigenvalue weighted by Crippen LogP contribution is 2.32. The average Bonchev–Trinajstić information content (AvgIpc) is 2.50. The van der Waals surface area contributed by atoms with Crippen molar-refractivity contribution >= 4 is 0 Å². The first-order valence-corrected chi connectivity index (χ1v) is 6.70. The van der Waals surface area contributed by atoms with Crippen molar-refractivity contribution < 1.29 is 9.13 Å². The summed E-state index contributed by atoms with van der Waals surface area (Å²) in [6.45, 7) is 3.63. The molecule has 0 saturated heterocycles. The van der Waals surface area contributed by atoms with Gasteiger partial charge in [0.1, 0.15) is 17.3 Å². The van der Waals surface area contributed by atoms with Gasteiger partial charge in [-0.25, -0.2) is 4.39 Å². The number of ether oxygens (including phenoxy) is 1. The molecule has 21 heavy (non-hydrogen) atoms. The van der Waals surface area contributed by atoms with Gasteiger partial charge in [0.25, 0.3) is 0 Å². The predicted octanol–water partition coefficient (Wildman–Crippen LogP) is 4.08. The van der Waals surface area contributed by atoms with Crippen LogP contribution in [0.4, 0.5) is 4.39 Å². The van der Waals surface area contributed by atoms with Crippen LogP contribution < -0.4 is 10.1 Å². The fraction of sp³-hybridized carbons (Fsp3) is 0.235. The maximum Gasteiger partial charge on any atom is 0.132 e. The van der Waals surface area contributed by atoms with Crippen molar-refractivity contribution in [3.8, 4) is 17.6 Å². The van der Waals surface area contributed by atoms with Crippen LogP contribution in [0.15, 0.2) is 36.4 Å². The molecule has 2 aromatic carbocycles. The maximum atomic E-state index is 13.8. The molecule has 0 saturated carbocycles. The van der Waals surface area contributed by atoms with Crippen molar-refractivity contribution in [3.63, 3.8) is 0 Å². The van der Waals surface area contributed by atoms with Crippen LogP contribution in [0.25, 0.3) is 0 Å². The lowest BCUT2D eigenvalue weighted by molar-refractivity contribution is 0.462. The van der Waals surface area contributed by atoms with Gasteiger partial charge in [0, 0.05) is 11.6 Å². The van der Waals surface area contributed by atoms with Crippen LogP contribution in [0, 0.1) is 24.1 Å². The summed E-state index contributed by atoms with van der Waals surface area (Å²) in [4.78, 5) is 0. The van der Waals surface area contributed by atoms with Crippen LogP contribution in [0.2, 0.25) is 0 Å². The van der Waals surface area contributed by atoms with E-state index in [0.29, 0.717) is 22.6 Å². The molecule has 0 aliphatic carbocycles. The van der Waals surface area contributed by atoms with E-state index in [-0.39, 0.29) is 11.9 Å². The number of aryl methyl sites for hydroxylation is 1. The lowest BCUT2D eigenvalue weighted by atomic mass is 10.0. The van der Waals surface area contributed by atoms with Crippen molar-refractivity contribution in [2.24, 2.45) is 0 Å². The van der Waals surface area contributed by atoms with Gasteiger partial charge in [-0.15, -0.1) is 0 Å². The number of benzene rings is 2. The number of nitrogens with zero attached hydrogens (tertiary/aromatic N) is 1. The van der Waals surface area contributed by atoms with Gasteiger partial charge >= 0.3 is 0 Å². The molecule has 0 heterocycles. The van der Waals surface area contributed by atoms with Crippen molar-refractivity contribution in [2.75, 3.05) is 7.05 Å². The Balaban J connectivity index is 2.42. The molecule has 2 aromatic rings. The molecule has 1 atom stereocenters. The summed E-state index contributed by atoms with van der Waals surface area (Å²) in [5.41, 5.74) is 1.78. The fourth-order valence-electron chi connectivity index (χ4n) is 2.01. The van der Waals surface area contributed by atoms with Crippen molar-refractivity contribution in [1.82, 2.24) is 5.32 Å². The molecule has 2 rings (SSSR count). The van der Waals surface area contributed by atoms with Gasteiger partial charge in [0.15, 0.2) is 0 Å². The minimum atomic E-state index is -0.259. The van der Waals surface area contributed by atoms with Crippen molar-refractivity contribution in [2.45, 2.75) is 19.9 Å². The number of hydrogen-bond donors (Lipinski definition) is 1. The van der Waals surface area contributed by atoms with Crippen LogP contribution in [-0.4, -0.2) is 7.05 Å². The number of nitrogens with one attached hydrogen (secondary N) is 1. The first-order valence-electron chi connectivity index (χ1n) is 6.70. The summed E-state index contributed by atoms with van der Waals surface area (Å²) >= 11 is 0. The van der Waals surface area contributed by atoms with E-state index >= 15 is 0 Å². The molecule has 1 unspecified atom stereocenters. The Hall–Kier alpha value is -2.38. The molecule has 0 radical (unpaired) electrons. The minimum absolute atomic E-state index is 0.0470. The largest absolute Gasteiger partial charge is 0.457 e. The average molecular weight is 284 g/mol. The summed E-state index contributed by atoms with van der Waals surface area (Å²) < 4.78 is 19.6. The molecular weight excluding hydrogens is 267 g/mol. The van der Waals surface area contributed by atoms with E-state index in [1.807, 2.05) is 14.0 Å². The van der Waals surface area contributed by atoms with Crippen molar-refractivity contribution in [1.29, 1.82) is 5.26 Å². The predicted molar refractivity (Wildman–Crippen MR) is 79.8 cm³/mol.